The number of hydrogen-bond donors (Lipinski definition) is 1. The van der Waals surface area contributed by atoms with Gasteiger partial charge in [0.05, 0.1) is 11.3 Å². The van der Waals surface area contributed by atoms with Gasteiger partial charge < -0.3 is 5.32 Å². The Morgan fingerprint density at radius 1 is 1.12 bits per heavy atom. The van der Waals surface area contributed by atoms with E-state index in [-0.39, 0.29) is 0 Å². The van der Waals surface area contributed by atoms with Crippen molar-refractivity contribution < 1.29 is 0 Å². The summed E-state index contributed by atoms with van der Waals surface area (Å²) in [6.45, 7) is 16.1. The number of rotatable bonds is 3. The maximum atomic E-state index is 4.54. The molecule has 1 aliphatic carbocycles. The van der Waals surface area contributed by atoms with E-state index in [1.165, 1.54) is 25.7 Å². The topological polar surface area (TPSA) is 37.8 Å². The molecule has 25 heavy (non-hydrogen) atoms. The molecule has 0 bridgehead atoms. The van der Waals surface area contributed by atoms with E-state index in [1.54, 1.807) is 6.33 Å². The first-order valence-corrected chi connectivity index (χ1v) is 13.2. The summed E-state index contributed by atoms with van der Waals surface area (Å²) in [5.41, 5.74) is 5.99. The van der Waals surface area contributed by atoms with E-state index in [4.69, 9.17) is 0 Å². The van der Waals surface area contributed by atoms with Crippen LogP contribution in [0.2, 0.25) is 19.6 Å². The first-order valence-electron chi connectivity index (χ1n) is 9.73. The van der Waals surface area contributed by atoms with Crippen molar-refractivity contribution in [2.24, 2.45) is 11.3 Å². The Morgan fingerprint density at radius 3 is 2.28 bits per heavy atom. The van der Waals surface area contributed by atoms with Crippen LogP contribution in [0.5, 0.6) is 0 Å². The third-order valence-electron chi connectivity index (χ3n) is 5.12. The standard InChI is InChI=1S/C21H35N3Si/c1-8-19-18(13-14-25(5,6)7)20(23-15-22-19)24-17-11-9-16(10-12-17)21(2,3)4/h15-17H,8-12H2,1-7H3,(H,22,23,24)/t16-,17+. The molecular weight excluding hydrogens is 322 g/mol. The van der Waals surface area contributed by atoms with Crippen molar-refractivity contribution in [1.29, 1.82) is 0 Å². The fourth-order valence-electron chi connectivity index (χ4n) is 3.48. The summed E-state index contributed by atoms with van der Waals surface area (Å²) >= 11 is 0. The lowest BCUT2D eigenvalue weighted by molar-refractivity contribution is 0.173. The molecule has 1 aliphatic rings. The smallest absolute Gasteiger partial charge is 0.145 e. The van der Waals surface area contributed by atoms with Crippen molar-refractivity contribution in [2.45, 2.75) is 85.5 Å². The van der Waals surface area contributed by atoms with Crippen LogP contribution >= 0.6 is 0 Å². The summed E-state index contributed by atoms with van der Waals surface area (Å²) in [6, 6.07) is 0.505. The van der Waals surface area contributed by atoms with E-state index in [0.717, 1.165) is 29.4 Å². The van der Waals surface area contributed by atoms with Gasteiger partial charge in [-0.25, -0.2) is 9.97 Å². The summed E-state index contributed by atoms with van der Waals surface area (Å²) in [6.07, 6.45) is 7.60. The molecule has 0 spiro atoms. The second-order valence-electron chi connectivity index (χ2n) is 9.46. The quantitative estimate of drug-likeness (QED) is 0.590. The Bertz CT molecular complexity index is 636. The maximum Gasteiger partial charge on any atom is 0.145 e. The number of nitrogens with zero attached hydrogens (tertiary/aromatic N) is 2. The normalized spacial score (nSPS) is 21.4. The van der Waals surface area contributed by atoms with Gasteiger partial charge in [0.15, 0.2) is 0 Å². The Kier molecular flexibility index (Phi) is 6.32. The van der Waals surface area contributed by atoms with Crippen LogP contribution in [0.15, 0.2) is 6.33 Å². The summed E-state index contributed by atoms with van der Waals surface area (Å²) in [7, 11) is -1.43. The zero-order valence-electron chi connectivity index (χ0n) is 17.2. The Hall–Kier alpha value is -1.34. The molecule has 1 fully saturated rings. The molecule has 3 nitrogen and oxygen atoms in total. The van der Waals surface area contributed by atoms with E-state index in [0.29, 0.717) is 11.5 Å². The summed E-state index contributed by atoms with van der Waals surface area (Å²) in [4.78, 5) is 9.00. The Morgan fingerprint density at radius 2 is 1.76 bits per heavy atom. The van der Waals surface area contributed by atoms with E-state index in [1.807, 2.05) is 0 Å². The van der Waals surface area contributed by atoms with Gasteiger partial charge in [-0.1, -0.05) is 53.3 Å². The maximum absolute atomic E-state index is 4.54. The molecule has 1 heterocycles. The molecular formula is C21H35N3Si. The van der Waals surface area contributed by atoms with E-state index < -0.39 is 8.07 Å². The minimum Gasteiger partial charge on any atom is -0.366 e. The van der Waals surface area contributed by atoms with Crippen molar-refractivity contribution in [3.63, 3.8) is 0 Å². The van der Waals surface area contributed by atoms with E-state index >= 15 is 0 Å². The van der Waals surface area contributed by atoms with Gasteiger partial charge in [-0.2, -0.15) is 0 Å². The van der Waals surface area contributed by atoms with Gasteiger partial charge in [0, 0.05) is 6.04 Å². The molecule has 1 N–H and O–H groups in total. The zero-order chi connectivity index (χ0) is 18.7. The highest BCUT2D eigenvalue weighted by atomic mass is 28.3. The molecule has 0 amide bonds. The molecule has 1 aromatic heterocycles. The molecule has 1 saturated carbocycles. The van der Waals surface area contributed by atoms with Crippen molar-refractivity contribution in [3.8, 4) is 11.5 Å². The van der Waals surface area contributed by atoms with E-state index in [2.05, 4.69) is 74.1 Å². The Labute approximate surface area is 155 Å². The zero-order valence-corrected chi connectivity index (χ0v) is 18.2. The van der Waals surface area contributed by atoms with Crippen molar-refractivity contribution >= 4 is 13.9 Å². The summed E-state index contributed by atoms with van der Waals surface area (Å²) < 4.78 is 0. The van der Waals surface area contributed by atoms with Gasteiger partial charge in [-0.3, -0.25) is 0 Å². The molecule has 0 atom stereocenters. The van der Waals surface area contributed by atoms with Crippen LogP contribution in [-0.4, -0.2) is 24.1 Å². The van der Waals surface area contributed by atoms with Crippen LogP contribution in [0.25, 0.3) is 0 Å². The Balaban J connectivity index is 2.16. The fraction of sp³-hybridized carbons (Fsp3) is 0.714. The van der Waals surface area contributed by atoms with Gasteiger partial charge in [0.25, 0.3) is 0 Å². The molecule has 0 radical (unpaired) electrons. The number of anilines is 1. The number of aryl methyl sites for hydroxylation is 1. The van der Waals surface area contributed by atoms with Gasteiger partial charge in [-0.15, -0.1) is 5.54 Å². The molecule has 138 valence electrons. The van der Waals surface area contributed by atoms with Gasteiger partial charge >= 0.3 is 0 Å². The van der Waals surface area contributed by atoms with Crippen LogP contribution in [0.3, 0.4) is 0 Å². The van der Waals surface area contributed by atoms with Crippen LogP contribution in [0, 0.1) is 22.8 Å². The minimum atomic E-state index is -1.43. The highest BCUT2D eigenvalue weighted by Crippen LogP contribution is 2.38. The molecule has 0 saturated heterocycles. The van der Waals surface area contributed by atoms with E-state index in [9.17, 15) is 0 Å². The first kappa shape index (κ1) is 20.0. The first-order chi connectivity index (χ1) is 11.6. The van der Waals surface area contributed by atoms with Crippen LogP contribution in [0.1, 0.15) is 64.6 Å². The highest BCUT2D eigenvalue weighted by Gasteiger charge is 2.30. The van der Waals surface area contributed by atoms with Gasteiger partial charge in [-0.05, 0) is 43.4 Å². The highest BCUT2D eigenvalue weighted by molar-refractivity contribution is 6.83. The monoisotopic (exact) mass is 357 g/mol. The van der Waals surface area contributed by atoms with Crippen molar-refractivity contribution in [2.75, 3.05) is 5.32 Å². The van der Waals surface area contributed by atoms with Crippen molar-refractivity contribution in [3.05, 3.63) is 17.6 Å². The number of nitrogens with one attached hydrogen (secondary N) is 1. The minimum absolute atomic E-state index is 0.420. The molecule has 0 unspecified atom stereocenters. The third-order valence-corrected chi connectivity index (χ3v) is 5.99. The third kappa shape index (κ3) is 5.85. The number of aromatic nitrogens is 2. The second-order valence-corrected chi connectivity index (χ2v) is 14.2. The van der Waals surface area contributed by atoms with Crippen LogP contribution < -0.4 is 5.32 Å². The lowest BCUT2D eigenvalue weighted by atomic mass is 9.71. The second kappa shape index (κ2) is 7.91. The lowest BCUT2D eigenvalue weighted by Crippen LogP contribution is -2.32. The summed E-state index contributed by atoms with van der Waals surface area (Å²) in [5.74, 6) is 5.19. The molecule has 0 aliphatic heterocycles. The van der Waals surface area contributed by atoms with Crippen molar-refractivity contribution in [1.82, 2.24) is 9.97 Å². The van der Waals surface area contributed by atoms with Crippen LogP contribution in [-0.2, 0) is 6.42 Å². The lowest BCUT2D eigenvalue weighted by Gasteiger charge is -2.37. The van der Waals surface area contributed by atoms with Crippen LogP contribution in [0.4, 0.5) is 5.82 Å². The molecule has 0 aromatic carbocycles. The largest absolute Gasteiger partial charge is 0.366 e. The number of hydrogen-bond acceptors (Lipinski definition) is 3. The predicted molar refractivity (Wildman–Crippen MR) is 110 cm³/mol. The molecule has 1 aromatic rings. The van der Waals surface area contributed by atoms with Gasteiger partial charge in [0.1, 0.15) is 20.2 Å². The predicted octanol–water partition coefficient (Wildman–Crippen LogP) is 5.28. The fourth-order valence-corrected chi connectivity index (χ4v) is 3.98. The molecule has 4 heteroatoms. The van der Waals surface area contributed by atoms with Gasteiger partial charge in [0.2, 0.25) is 0 Å². The molecule has 2 rings (SSSR count). The average Bonchev–Trinajstić information content (AvgIpc) is 2.52. The summed E-state index contributed by atoms with van der Waals surface area (Å²) in [5, 5.41) is 3.69. The SMILES string of the molecule is CCc1ncnc(N[C@H]2CC[C@@H](C(C)(C)C)CC2)c1C#C[Si](C)(C)C. The average molecular weight is 358 g/mol.